The maximum Gasteiger partial charge on any atom is 0.160 e. The van der Waals surface area contributed by atoms with E-state index < -0.39 is 0 Å². The van der Waals surface area contributed by atoms with E-state index in [2.05, 4.69) is 129 Å². The van der Waals surface area contributed by atoms with Crippen LogP contribution < -0.4 is 0 Å². The minimum absolute atomic E-state index is 0.0789. The first-order chi connectivity index (χ1) is 20.1. The number of fused-ring (bicyclic) bond motifs is 5. The van der Waals surface area contributed by atoms with Crippen LogP contribution >= 0.6 is 0 Å². The zero-order chi connectivity index (χ0) is 27.6. The number of hydrogen-bond acceptors (Lipinski definition) is 2. The van der Waals surface area contributed by atoms with Crippen molar-refractivity contribution in [2.24, 2.45) is 0 Å². The van der Waals surface area contributed by atoms with E-state index in [0.717, 1.165) is 33.5 Å². The highest BCUT2D eigenvalue weighted by Gasteiger charge is 2.37. The Kier molecular flexibility index (Phi) is 5.20. The summed E-state index contributed by atoms with van der Waals surface area (Å²) in [6.07, 6.45) is 0. The van der Waals surface area contributed by atoms with Crippen LogP contribution in [0.1, 0.15) is 25.0 Å². The minimum atomic E-state index is -0.0789. The van der Waals surface area contributed by atoms with E-state index in [1.807, 2.05) is 18.2 Å². The molecule has 41 heavy (non-hydrogen) atoms. The van der Waals surface area contributed by atoms with Crippen molar-refractivity contribution in [2.75, 3.05) is 0 Å². The molecule has 8 rings (SSSR count). The van der Waals surface area contributed by atoms with Crippen LogP contribution in [0.15, 0.2) is 133 Å². The fourth-order valence-corrected chi connectivity index (χ4v) is 6.63. The summed E-state index contributed by atoms with van der Waals surface area (Å²) in [5, 5.41) is 3.59. The van der Waals surface area contributed by atoms with Gasteiger partial charge in [-0.05, 0) is 62.4 Å². The van der Waals surface area contributed by atoms with Crippen LogP contribution in [0.3, 0.4) is 0 Å². The van der Waals surface area contributed by atoms with Crippen LogP contribution in [0.25, 0.3) is 66.6 Å². The lowest BCUT2D eigenvalue weighted by atomic mass is 9.80. The van der Waals surface area contributed by atoms with Crippen LogP contribution in [-0.4, -0.2) is 9.97 Å². The molecule has 0 saturated carbocycles. The Balaban J connectivity index is 1.46. The summed E-state index contributed by atoms with van der Waals surface area (Å²) in [6, 6.07) is 47.5. The van der Waals surface area contributed by atoms with Crippen LogP contribution in [-0.2, 0) is 5.41 Å². The second kappa shape index (κ2) is 8.97. The van der Waals surface area contributed by atoms with Crippen molar-refractivity contribution in [2.45, 2.75) is 19.3 Å². The summed E-state index contributed by atoms with van der Waals surface area (Å²) in [4.78, 5) is 10.2. The Labute approximate surface area is 240 Å². The van der Waals surface area contributed by atoms with Gasteiger partial charge in [-0.1, -0.05) is 129 Å². The van der Waals surface area contributed by atoms with Gasteiger partial charge in [-0.25, -0.2) is 9.97 Å². The van der Waals surface area contributed by atoms with Crippen molar-refractivity contribution in [3.05, 3.63) is 145 Å². The monoisotopic (exact) mass is 524 g/mol. The van der Waals surface area contributed by atoms with E-state index in [4.69, 9.17) is 9.97 Å². The van der Waals surface area contributed by atoms with Gasteiger partial charge in [-0.3, -0.25) is 0 Å². The van der Waals surface area contributed by atoms with Crippen LogP contribution in [0.4, 0.5) is 0 Å². The summed E-state index contributed by atoms with van der Waals surface area (Å²) >= 11 is 0. The first kappa shape index (κ1) is 23.8. The lowest BCUT2D eigenvalue weighted by Gasteiger charge is -2.23. The highest BCUT2D eigenvalue weighted by atomic mass is 14.9. The summed E-state index contributed by atoms with van der Waals surface area (Å²) in [6.45, 7) is 4.70. The fraction of sp³-hybridized carbons (Fsp3) is 0.0769. The van der Waals surface area contributed by atoms with E-state index in [1.54, 1.807) is 0 Å². The van der Waals surface area contributed by atoms with Crippen molar-refractivity contribution < 1.29 is 0 Å². The number of hydrogen-bond donors (Lipinski definition) is 0. The molecule has 0 N–H and O–H groups in total. The van der Waals surface area contributed by atoms with Crippen molar-refractivity contribution in [1.82, 2.24) is 9.97 Å². The van der Waals surface area contributed by atoms with Gasteiger partial charge in [0.1, 0.15) is 0 Å². The molecule has 0 amide bonds. The molecular formula is C39H28N2. The molecule has 0 bridgehead atoms. The molecule has 2 nitrogen and oxygen atoms in total. The normalized spacial score (nSPS) is 13.3. The molecule has 0 unspecified atom stereocenters. The van der Waals surface area contributed by atoms with Gasteiger partial charge in [0, 0.05) is 21.9 Å². The Morgan fingerprint density at radius 2 is 1.17 bits per heavy atom. The maximum absolute atomic E-state index is 5.16. The van der Waals surface area contributed by atoms with Gasteiger partial charge in [0.05, 0.1) is 11.2 Å². The summed E-state index contributed by atoms with van der Waals surface area (Å²) in [5.41, 5.74) is 11.8. The van der Waals surface area contributed by atoms with Crippen LogP contribution in [0.2, 0.25) is 0 Å². The largest absolute Gasteiger partial charge is 0.228 e. The molecule has 7 aromatic rings. The molecule has 0 radical (unpaired) electrons. The number of aromatic nitrogens is 2. The van der Waals surface area contributed by atoms with Gasteiger partial charge in [0.2, 0.25) is 0 Å². The van der Waals surface area contributed by atoms with Crippen molar-refractivity contribution in [3.63, 3.8) is 0 Å². The van der Waals surface area contributed by atoms with Crippen molar-refractivity contribution >= 4 is 21.7 Å². The van der Waals surface area contributed by atoms with Gasteiger partial charge >= 0.3 is 0 Å². The third-order valence-corrected chi connectivity index (χ3v) is 8.66. The topological polar surface area (TPSA) is 25.8 Å². The Hall–Kier alpha value is -5.08. The zero-order valence-corrected chi connectivity index (χ0v) is 23.1. The SMILES string of the molecule is CC1(C)c2ccccc2-c2c1cc1ccccc1c2-c1ccc2nc(-c3ccccc3)nc(-c3ccccc3)c2c1. The molecule has 1 aliphatic rings. The fourth-order valence-electron chi connectivity index (χ4n) is 6.63. The lowest BCUT2D eigenvalue weighted by molar-refractivity contribution is 0.661. The first-order valence-corrected chi connectivity index (χ1v) is 14.2. The van der Waals surface area contributed by atoms with Crippen molar-refractivity contribution in [1.29, 1.82) is 0 Å². The highest BCUT2D eigenvalue weighted by Crippen LogP contribution is 2.54. The molecule has 0 aliphatic heterocycles. The molecule has 194 valence electrons. The average molecular weight is 525 g/mol. The predicted octanol–water partition coefficient (Wildman–Crippen LogP) is 10.1. The highest BCUT2D eigenvalue weighted by molar-refractivity contribution is 6.09. The van der Waals surface area contributed by atoms with Gasteiger partial charge in [-0.15, -0.1) is 0 Å². The van der Waals surface area contributed by atoms with Crippen LogP contribution in [0, 0.1) is 0 Å². The third-order valence-electron chi connectivity index (χ3n) is 8.66. The molecule has 1 heterocycles. The molecule has 1 aromatic heterocycles. The summed E-state index contributed by atoms with van der Waals surface area (Å²) in [7, 11) is 0. The van der Waals surface area contributed by atoms with Crippen LogP contribution in [0.5, 0.6) is 0 Å². The Bertz CT molecular complexity index is 2110. The molecule has 0 fully saturated rings. The molecule has 0 saturated heterocycles. The Morgan fingerprint density at radius 3 is 1.98 bits per heavy atom. The number of benzene rings is 6. The van der Waals surface area contributed by atoms with Gasteiger partial charge in [0.15, 0.2) is 5.82 Å². The smallest absolute Gasteiger partial charge is 0.160 e. The van der Waals surface area contributed by atoms with E-state index >= 15 is 0 Å². The van der Waals surface area contributed by atoms with Gasteiger partial charge < -0.3 is 0 Å². The standard InChI is InChI=1S/C39H28N2/c1-39(2)32-20-12-11-19-30(32)36-33(39)24-27-17-9-10-18-29(27)35(36)28-21-22-34-31(23-28)37(25-13-5-3-6-14-25)41-38(40-34)26-15-7-4-8-16-26/h3-24H,1-2H3. The molecule has 1 aliphatic carbocycles. The van der Waals surface area contributed by atoms with E-state index in [0.29, 0.717) is 0 Å². The second-order valence-electron chi connectivity index (χ2n) is 11.4. The van der Waals surface area contributed by atoms with Gasteiger partial charge in [-0.2, -0.15) is 0 Å². The van der Waals surface area contributed by atoms with E-state index in [-0.39, 0.29) is 5.41 Å². The zero-order valence-electron chi connectivity index (χ0n) is 23.1. The molecular weight excluding hydrogens is 496 g/mol. The number of nitrogens with zero attached hydrogens (tertiary/aromatic N) is 2. The average Bonchev–Trinajstić information content (AvgIpc) is 3.26. The van der Waals surface area contributed by atoms with E-state index in [9.17, 15) is 0 Å². The second-order valence-corrected chi connectivity index (χ2v) is 11.4. The molecule has 0 atom stereocenters. The molecule has 6 aromatic carbocycles. The summed E-state index contributed by atoms with van der Waals surface area (Å²) < 4.78 is 0. The molecule has 0 spiro atoms. The summed E-state index contributed by atoms with van der Waals surface area (Å²) in [5.74, 6) is 0.742. The third kappa shape index (κ3) is 3.64. The maximum atomic E-state index is 5.16. The van der Waals surface area contributed by atoms with E-state index in [1.165, 1.54) is 44.2 Å². The minimum Gasteiger partial charge on any atom is -0.228 e. The van der Waals surface area contributed by atoms with Crippen molar-refractivity contribution in [3.8, 4) is 44.9 Å². The number of rotatable bonds is 3. The predicted molar refractivity (Wildman–Crippen MR) is 171 cm³/mol. The Morgan fingerprint density at radius 1 is 0.488 bits per heavy atom. The van der Waals surface area contributed by atoms with Gasteiger partial charge in [0.25, 0.3) is 0 Å². The lowest BCUT2D eigenvalue weighted by Crippen LogP contribution is -2.14. The quantitative estimate of drug-likeness (QED) is 0.230. The molecule has 2 heteroatoms. The first-order valence-electron chi connectivity index (χ1n) is 14.2.